The summed E-state index contributed by atoms with van der Waals surface area (Å²) in [6.07, 6.45) is 3.84. The first-order valence-corrected chi connectivity index (χ1v) is 4.82. The number of hydrogen-bond acceptors (Lipinski definition) is 0. The standard InChI is InChI=1S/C11H22/c1-6-10(7-2)11(8-3)9(4)5/h10-11H,4,6-8H2,1-3,5H3. The Bertz CT molecular complexity index is 109. The largest absolute Gasteiger partial charge is 0.0999 e. The third-order valence-corrected chi connectivity index (χ3v) is 2.69. The molecule has 0 nitrogen and oxygen atoms in total. The zero-order valence-corrected chi connectivity index (χ0v) is 8.48. The SMILES string of the molecule is C=C(C)C(CC)C(CC)CC. The molecule has 0 rings (SSSR count). The van der Waals surface area contributed by atoms with E-state index in [0.29, 0.717) is 0 Å². The molecule has 0 fully saturated rings. The Kier molecular flexibility index (Phi) is 5.27. The summed E-state index contributed by atoms with van der Waals surface area (Å²) in [4.78, 5) is 0. The Hall–Kier alpha value is -0.260. The lowest BCUT2D eigenvalue weighted by atomic mass is 9.82. The fourth-order valence-electron chi connectivity index (χ4n) is 1.94. The van der Waals surface area contributed by atoms with Gasteiger partial charge in [0.15, 0.2) is 0 Å². The van der Waals surface area contributed by atoms with Crippen LogP contribution < -0.4 is 0 Å². The second-order valence-electron chi connectivity index (χ2n) is 3.44. The van der Waals surface area contributed by atoms with Gasteiger partial charge in [-0.2, -0.15) is 0 Å². The molecule has 0 aromatic rings. The Morgan fingerprint density at radius 1 is 1.09 bits per heavy atom. The lowest BCUT2D eigenvalue weighted by Gasteiger charge is -2.24. The van der Waals surface area contributed by atoms with Crippen molar-refractivity contribution in [1.29, 1.82) is 0 Å². The van der Waals surface area contributed by atoms with Crippen molar-refractivity contribution >= 4 is 0 Å². The van der Waals surface area contributed by atoms with E-state index >= 15 is 0 Å². The molecule has 1 atom stereocenters. The summed E-state index contributed by atoms with van der Waals surface area (Å²) < 4.78 is 0. The van der Waals surface area contributed by atoms with E-state index in [4.69, 9.17) is 0 Å². The highest BCUT2D eigenvalue weighted by atomic mass is 14.2. The third kappa shape index (κ3) is 3.09. The van der Waals surface area contributed by atoms with Gasteiger partial charge in [0.1, 0.15) is 0 Å². The maximum absolute atomic E-state index is 4.04. The van der Waals surface area contributed by atoms with E-state index < -0.39 is 0 Å². The molecule has 0 spiro atoms. The van der Waals surface area contributed by atoms with Gasteiger partial charge in [-0.25, -0.2) is 0 Å². The molecular formula is C11H22. The Morgan fingerprint density at radius 2 is 1.55 bits per heavy atom. The summed E-state index contributed by atoms with van der Waals surface area (Å²) in [5, 5.41) is 0. The summed E-state index contributed by atoms with van der Waals surface area (Å²) in [6.45, 7) is 13.0. The molecule has 0 saturated carbocycles. The minimum atomic E-state index is 0.755. The molecule has 0 saturated heterocycles. The highest BCUT2D eigenvalue weighted by Gasteiger charge is 2.16. The molecule has 0 N–H and O–H groups in total. The Balaban J connectivity index is 4.09. The van der Waals surface area contributed by atoms with Crippen LogP contribution in [0.5, 0.6) is 0 Å². The van der Waals surface area contributed by atoms with E-state index in [2.05, 4.69) is 34.3 Å². The van der Waals surface area contributed by atoms with Gasteiger partial charge in [-0.3, -0.25) is 0 Å². The van der Waals surface area contributed by atoms with E-state index in [1.165, 1.54) is 24.8 Å². The predicted octanol–water partition coefficient (Wildman–Crippen LogP) is 4.02. The smallest absolute Gasteiger partial charge is 0.0183 e. The average Bonchev–Trinajstić information content (AvgIpc) is 1.99. The molecule has 0 heterocycles. The van der Waals surface area contributed by atoms with Crippen LogP contribution in [0.4, 0.5) is 0 Å². The predicted molar refractivity (Wildman–Crippen MR) is 52.7 cm³/mol. The van der Waals surface area contributed by atoms with Crippen molar-refractivity contribution in [3.8, 4) is 0 Å². The van der Waals surface area contributed by atoms with E-state index in [1.807, 2.05) is 0 Å². The van der Waals surface area contributed by atoms with Crippen LogP contribution in [0.1, 0.15) is 47.0 Å². The van der Waals surface area contributed by atoms with Crippen LogP contribution in [0.3, 0.4) is 0 Å². The minimum Gasteiger partial charge on any atom is -0.0999 e. The Labute approximate surface area is 71.7 Å². The molecule has 0 aliphatic carbocycles. The average molecular weight is 154 g/mol. The van der Waals surface area contributed by atoms with Crippen molar-refractivity contribution in [3.63, 3.8) is 0 Å². The zero-order chi connectivity index (χ0) is 8.85. The number of allylic oxidation sites excluding steroid dienone is 1. The summed E-state index contributed by atoms with van der Waals surface area (Å²) >= 11 is 0. The van der Waals surface area contributed by atoms with E-state index in [9.17, 15) is 0 Å². The third-order valence-electron chi connectivity index (χ3n) is 2.69. The molecule has 0 aliphatic heterocycles. The van der Waals surface area contributed by atoms with Crippen molar-refractivity contribution in [2.45, 2.75) is 47.0 Å². The van der Waals surface area contributed by atoms with Gasteiger partial charge in [0.05, 0.1) is 0 Å². The van der Waals surface area contributed by atoms with Crippen molar-refractivity contribution in [2.75, 3.05) is 0 Å². The molecular weight excluding hydrogens is 132 g/mol. The summed E-state index contributed by atoms with van der Waals surface area (Å²) in [5.74, 6) is 1.61. The summed E-state index contributed by atoms with van der Waals surface area (Å²) in [6, 6.07) is 0. The van der Waals surface area contributed by atoms with Gasteiger partial charge in [0.2, 0.25) is 0 Å². The van der Waals surface area contributed by atoms with E-state index in [0.717, 1.165) is 11.8 Å². The van der Waals surface area contributed by atoms with Crippen LogP contribution in [0.2, 0.25) is 0 Å². The topological polar surface area (TPSA) is 0 Å². The molecule has 0 aromatic carbocycles. The van der Waals surface area contributed by atoms with Crippen LogP contribution in [0, 0.1) is 11.8 Å². The summed E-state index contributed by atoms with van der Waals surface area (Å²) in [7, 11) is 0. The molecule has 0 bridgehead atoms. The maximum Gasteiger partial charge on any atom is -0.0183 e. The van der Waals surface area contributed by atoms with Crippen molar-refractivity contribution in [1.82, 2.24) is 0 Å². The van der Waals surface area contributed by atoms with Gasteiger partial charge in [-0.05, 0) is 25.2 Å². The second kappa shape index (κ2) is 5.40. The molecule has 0 amide bonds. The lowest BCUT2D eigenvalue weighted by Crippen LogP contribution is -2.13. The van der Waals surface area contributed by atoms with Crippen LogP contribution >= 0.6 is 0 Å². The van der Waals surface area contributed by atoms with Crippen molar-refractivity contribution in [2.24, 2.45) is 11.8 Å². The van der Waals surface area contributed by atoms with Crippen LogP contribution in [0.15, 0.2) is 12.2 Å². The normalized spacial score (nSPS) is 13.5. The van der Waals surface area contributed by atoms with E-state index in [-0.39, 0.29) is 0 Å². The Morgan fingerprint density at radius 3 is 1.64 bits per heavy atom. The molecule has 0 heteroatoms. The van der Waals surface area contributed by atoms with Gasteiger partial charge in [-0.1, -0.05) is 45.8 Å². The molecule has 0 aliphatic rings. The van der Waals surface area contributed by atoms with Crippen LogP contribution in [0.25, 0.3) is 0 Å². The molecule has 11 heavy (non-hydrogen) atoms. The van der Waals surface area contributed by atoms with Gasteiger partial charge in [0, 0.05) is 0 Å². The van der Waals surface area contributed by atoms with Crippen LogP contribution in [-0.4, -0.2) is 0 Å². The number of hydrogen-bond donors (Lipinski definition) is 0. The number of rotatable bonds is 5. The maximum atomic E-state index is 4.04. The quantitative estimate of drug-likeness (QED) is 0.524. The van der Waals surface area contributed by atoms with Gasteiger partial charge < -0.3 is 0 Å². The molecule has 66 valence electrons. The van der Waals surface area contributed by atoms with Gasteiger partial charge in [-0.15, -0.1) is 0 Å². The molecule has 1 unspecified atom stereocenters. The van der Waals surface area contributed by atoms with Crippen molar-refractivity contribution < 1.29 is 0 Å². The first-order valence-electron chi connectivity index (χ1n) is 4.82. The van der Waals surface area contributed by atoms with Crippen molar-refractivity contribution in [3.05, 3.63) is 12.2 Å². The minimum absolute atomic E-state index is 0.755. The molecule has 0 aromatic heterocycles. The molecule has 0 radical (unpaired) electrons. The lowest BCUT2D eigenvalue weighted by molar-refractivity contribution is 0.347. The first-order chi connectivity index (χ1) is 5.17. The fraction of sp³-hybridized carbons (Fsp3) is 0.818. The van der Waals surface area contributed by atoms with Crippen LogP contribution in [-0.2, 0) is 0 Å². The first kappa shape index (κ1) is 10.7. The highest BCUT2D eigenvalue weighted by molar-refractivity contribution is 4.97. The second-order valence-corrected chi connectivity index (χ2v) is 3.44. The van der Waals surface area contributed by atoms with Gasteiger partial charge >= 0.3 is 0 Å². The van der Waals surface area contributed by atoms with Gasteiger partial charge in [0.25, 0.3) is 0 Å². The zero-order valence-electron chi connectivity index (χ0n) is 8.48. The fourth-order valence-corrected chi connectivity index (χ4v) is 1.94. The monoisotopic (exact) mass is 154 g/mol. The summed E-state index contributed by atoms with van der Waals surface area (Å²) in [5.41, 5.74) is 1.36. The highest BCUT2D eigenvalue weighted by Crippen LogP contribution is 2.27. The van der Waals surface area contributed by atoms with E-state index in [1.54, 1.807) is 0 Å².